The maximum Gasteiger partial charge on any atom is 0.329 e. The van der Waals surface area contributed by atoms with Crippen molar-refractivity contribution in [2.24, 2.45) is 16.6 Å². The third-order valence-corrected chi connectivity index (χ3v) is 5.92. The molecule has 7 heteroatoms. The summed E-state index contributed by atoms with van der Waals surface area (Å²) in [6, 6.07) is 7.46. The van der Waals surface area contributed by atoms with Gasteiger partial charge in [0.05, 0.1) is 12.2 Å². The fourth-order valence-electron chi connectivity index (χ4n) is 4.12. The van der Waals surface area contributed by atoms with E-state index in [-0.39, 0.29) is 17.9 Å². The molecule has 3 fully saturated rings. The number of hydrogen-bond acceptors (Lipinski definition) is 3. The van der Waals surface area contributed by atoms with Gasteiger partial charge in [-0.3, -0.25) is 4.79 Å². The van der Waals surface area contributed by atoms with Crippen LogP contribution < -0.4 is 21.3 Å². The van der Waals surface area contributed by atoms with Crippen LogP contribution in [0.4, 0.5) is 10.5 Å². The van der Waals surface area contributed by atoms with Crippen molar-refractivity contribution in [3.8, 4) is 0 Å². The number of urea groups is 1. The highest BCUT2D eigenvalue weighted by Gasteiger charge is 2.56. The smallest absolute Gasteiger partial charge is 0.329 e. The molecule has 0 radical (unpaired) electrons. The number of carbonyl (C=O) groups excluding carboxylic acids is 2. The van der Waals surface area contributed by atoms with E-state index < -0.39 is 5.54 Å². The van der Waals surface area contributed by atoms with Gasteiger partial charge in [0.1, 0.15) is 5.54 Å². The Labute approximate surface area is 159 Å². The zero-order valence-electron chi connectivity index (χ0n) is 15.7. The first-order valence-electron chi connectivity index (χ1n) is 9.79. The summed E-state index contributed by atoms with van der Waals surface area (Å²) in [5.41, 5.74) is 6.70. The minimum absolute atomic E-state index is 0.168. The summed E-state index contributed by atoms with van der Waals surface area (Å²) in [5.74, 6) is 0.523. The second-order valence-electron chi connectivity index (χ2n) is 8.04. The first-order chi connectivity index (χ1) is 13.0. The molecule has 2 saturated carbocycles. The van der Waals surface area contributed by atoms with Crippen LogP contribution in [0, 0.1) is 5.92 Å². The number of imide groups is 1. The highest BCUT2D eigenvalue weighted by Crippen LogP contribution is 2.43. The topological polar surface area (TPSA) is 99.8 Å². The molecule has 0 bridgehead atoms. The van der Waals surface area contributed by atoms with Crippen LogP contribution in [-0.2, 0) is 11.3 Å². The molecule has 1 atom stereocenters. The van der Waals surface area contributed by atoms with Crippen LogP contribution in [0.25, 0.3) is 0 Å². The molecule has 1 heterocycles. The van der Waals surface area contributed by atoms with Gasteiger partial charge in [-0.05, 0) is 56.2 Å². The summed E-state index contributed by atoms with van der Waals surface area (Å²) < 4.78 is 0. The molecule has 0 aromatic heterocycles. The molecule has 1 aromatic carbocycles. The van der Waals surface area contributed by atoms with Gasteiger partial charge in [-0.25, -0.2) is 14.7 Å². The normalized spacial score (nSPS) is 26.6. The van der Waals surface area contributed by atoms with Crippen molar-refractivity contribution >= 4 is 23.6 Å². The van der Waals surface area contributed by atoms with Crippen molar-refractivity contribution in [2.45, 2.75) is 63.6 Å². The lowest BCUT2D eigenvalue weighted by atomic mass is 9.96. The third kappa shape index (κ3) is 3.50. The standard InChI is InChI=1S/C20H27N5O2/c1-20(14-9-10-14)17(26)25(19(27)24-20)16-8-4-5-13(11-16)12-22-18(21)23-15-6-2-3-7-15/h4-5,8,11,14-15H,2-3,6-7,9-10,12H2,1H3,(H,24,27)(H3,21,22,23). The molecule has 27 heavy (non-hydrogen) atoms. The van der Waals surface area contributed by atoms with Crippen molar-refractivity contribution in [3.63, 3.8) is 0 Å². The van der Waals surface area contributed by atoms with Crippen LogP contribution >= 0.6 is 0 Å². The van der Waals surface area contributed by atoms with E-state index in [1.54, 1.807) is 6.07 Å². The van der Waals surface area contributed by atoms with Crippen molar-refractivity contribution in [1.29, 1.82) is 0 Å². The lowest BCUT2D eigenvalue weighted by Crippen LogP contribution is -2.46. The predicted octanol–water partition coefficient (Wildman–Crippen LogP) is 2.26. The summed E-state index contributed by atoms with van der Waals surface area (Å²) in [5, 5.41) is 6.14. The van der Waals surface area contributed by atoms with Gasteiger partial charge in [0.2, 0.25) is 0 Å². The van der Waals surface area contributed by atoms with Gasteiger partial charge in [-0.1, -0.05) is 25.0 Å². The molecule has 2 aliphatic carbocycles. The fourth-order valence-corrected chi connectivity index (χ4v) is 4.12. The molecular formula is C20H27N5O2. The number of nitrogens with two attached hydrogens (primary N) is 1. The lowest BCUT2D eigenvalue weighted by Gasteiger charge is -2.21. The number of rotatable bonds is 5. The molecule has 0 spiro atoms. The van der Waals surface area contributed by atoms with Gasteiger partial charge in [-0.2, -0.15) is 0 Å². The van der Waals surface area contributed by atoms with Crippen molar-refractivity contribution in [1.82, 2.24) is 10.6 Å². The third-order valence-electron chi connectivity index (χ3n) is 5.92. The number of aliphatic imine (C=N–C) groups is 1. The Morgan fingerprint density at radius 2 is 2.04 bits per heavy atom. The van der Waals surface area contributed by atoms with E-state index in [9.17, 15) is 9.59 Å². The predicted molar refractivity (Wildman–Crippen MR) is 104 cm³/mol. The SMILES string of the molecule is CC1(C2CC2)NC(=O)N(c2cccc(CN=C(N)NC3CCCC3)c2)C1=O. The van der Waals surface area contributed by atoms with Crippen molar-refractivity contribution in [2.75, 3.05) is 4.90 Å². The maximum atomic E-state index is 12.9. The Hall–Kier alpha value is -2.57. The molecule has 4 N–H and O–H groups in total. The van der Waals surface area contributed by atoms with Gasteiger partial charge < -0.3 is 16.4 Å². The Kier molecular flexibility index (Phi) is 4.53. The number of anilines is 1. The molecule has 3 aliphatic rings. The molecule has 144 valence electrons. The van der Waals surface area contributed by atoms with E-state index in [0.717, 1.165) is 31.2 Å². The first kappa shape index (κ1) is 17.8. The van der Waals surface area contributed by atoms with Gasteiger partial charge in [-0.15, -0.1) is 0 Å². The van der Waals surface area contributed by atoms with E-state index in [1.165, 1.54) is 17.7 Å². The van der Waals surface area contributed by atoms with Crippen molar-refractivity contribution in [3.05, 3.63) is 29.8 Å². The number of hydrogen-bond donors (Lipinski definition) is 3. The zero-order valence-corrected chi connectivity index (χ0v) is 15.7. The number of nitrogens with one attached hydrogen (secondary N) is 2. The summed E-state index contributed by atoms with van der Waals surface area (Å²) in [6.45, 7) is 2.23. The Morgan fingerprint density at radius 3 is 2.74 bits per heavy atom. The summed E-state index contributed by atoms with van der Waals surface area (Å²) in [4.78, 5) is 31.0. The molecule has 3 amide bonds. The summed E-state index contributed by atoms with van der Waals surface area (Å²) in [6.07, 6.45) is 6.71. The van der Waals surface area contributed by atoms with Gasteiger partial charge >= 0.3 is 6.03 Å². The Morgan fingerprint density at radius 1 is 1.30 bits per heavy atom. The fraction of sp³-hybridized carbons (Fsp3) is 0.550. The maximum absolute atomic E-state index is 12.9. The Balaban J connectivity index is 1.46. The van der Waals surface area contributed by atoms with Gasteiger partial charge in [0.25, 0.3) is 5.91 Å². The molecular weight excluding hydrogens is 342 g/mol. The number of carbonyl (C=O) groups is 2. The van der Waals surface area contributed by atoms with Gasteiger partial charge in [0, 0.05) is 6.04 Å². The molecule has 1 aliphatic heterocycles. The molecule has 4 rings (SSSR count). The Bertz CT molecular complexity index is 782. The van der Waals surface area contributed by atoms with Crippen LogP contribution in [0.1, 0.15) is 51.0 Å². The largest absolute Gasteiger partial charge is 0.370 e. The summed E-state index contributed by atoms with van der Waals surface area (Å²) >= 11 is 0. The first-order valence-corrected chi connectivity index (χ1v) is 9.79. The van der Waals surface area contributed by atoms with E-state index >= 15 is 0 Å². The second-order valence-corrected chi connectivity index (χ2v) is 8.04. The van der Waals surface area contributed by atoms with E-state index in [4.69, 9.17) is 5.73 Å². The average molecular weight is 369 g/mol. The zero-order chi connectivity index (χ0) is 19.0. The van der Waals surface area contributed by atoms with Crippen LogP contribution in [0.5, 0.6) is 0 Å². The van der Waals surface area contributed by atoms with Crippen LogP contribution in [-0.4, -0.2) is 29.5 Å². The average Bonchev–Trinajstić information content (AvgIpc) is 3.34. The van der Waals surface area contributed by atoms with Crippen LogP contribution in [0.15, 0.2) is 29.3 Å². The van der Waals surface area contributed by atoms with E-state index in [1.807, 2.05) is 25.1 Å². The molecule has 1 aromatic rings. The van der Waals surface area contributed by atoms with Crippen LogP contribution in [0.3, 0.4) is 0 Å². The van der Waals surface area contributed by atoms with E-state index in [2.05, 4.69) is 15.6 Å². The highest BCUT2D eigenvalue weighted by atomic mass is 16.2. The minimum atomic E-state index is -0.777. The number of guanidine groups is 1. The second kappa shape index (κ2) is 6.87. The molecule has 7 nitrogen and oxygen atoms in total. The minimum Gasteiger partial charge on any atom is -0.370 e. The van der Waals surface area contributed by atoms with Gasteiger partial charge in [0.15, 0.2) is 5.96 Å². The monoisotopic (exact) mass is 369 g/mol. The summed E-state index contributed by atoms with van der Waals surface area (Å²) in [7, 11) is 0. The van der Waals surface area contributed by atoms with Crippen molar-refractivity contribution < 1.29 is 9.59 Å². The van der Waals surface area contributed by atoms with E-state index in [0.29, 0.717) is 24.2 Å². The molecule has 1 unspecified atom stereocenters. The lowest BCUT2D eigenvalue weighted by molar-refractivity contribution is -0.122. The number of benzene rings is 1. The van der Waals surface area contributed by atoms with Crippen LogP contribution in [0.2, 0.25) is 0 Å². The number of amides is 3. The quantitative estimate of drug-likeness (QED) is 0.421. The molecule has 1 saturated heterocycles. The highest BCUT2D eigenvalue weighted by molar-refractivity contribution is 6.23. The number of nitrogens with zero attached hydrogens (tertiary/aromatic N) is 2.